The predicted molar refractivity (Wildman–Crippen MR) is 38.0 cm³/mol. The Labute approximate surface area is 72.2 Å². The van der Waals surface area contributed by atoms with Crippen LogP contribution in [0.3, 0.4) is 0 Å². The van der Waals surface area contributed by atoms with Gasteiger partial charge in [-0.15, -0.1) is 0 Å². The molecule has 0 aliphatic rings. The number of rotatable bonds is 4. The number of carbonyl (C=O) groups is 2. The number of aliphatic hydroxyl groups excluding tert-OH is 3. The predicted octanol–water partition coefficient (Wildman–Crippen LogP) is -1.68. The van der Waals surface area contributed by atoms with Crippen molar-refractivity contribution in [3.63, 3.8) is 0 Å². The molecule has 0 aromatic carbocycles. The third-order valence-corrected chi connectivity index (χ3v) is 1.12. The third kappa shape index (κ3) is 3.54. The average Bonchev–Trinajstić information content (AvgIpc) is 2.02. The molecule has 0 spiro atoms. The second kappa shape index (κ2) is 4.43. The van der Waals surface area contributed by atoms with Crippen LogP contribution in [0.5, 0.6) is 0 Å². The minimum atomic E-state index is -2.17. The fourth-order valence-electron chi connectivity index (χ4n) is 0.470. The molecule has 0 rings (SSSR count). The molecule has 2 atom stereocenters. The topological polar surface area (TPSA) is 135 Å². The van der Waals surface area contributed by atoms with Crippen molar-refractivity contribution in [1.29, 1.82) is 0 Å². The lowest BCUT2D eigenvalue weighted by Gasteiger charge is -2.08. The van der Waals surface area contributed by atoms with Crippen molar-refractivity contribution in [1.82, 2.24) is 0 Å². The molecular formula is C6H8O7. The standard InChI is InChI=1S/C6H8O7/c7-2(4(9)6(12)13)1-3(8)5(10)11/h1-2,4,7-9H,(H,10,11)(H,12,13)/b3-1-/t2-,4-/m0/s1. The normalized spacial score (nSPS) is 16.3. The maximum Gasteiger partial charge on any atom is 0.370 e. The van der Waals surface area contributed by atoms with Crippen LogP contribution in [0.1, 0.15) is 0 Å². The van der Waals surface area contributed by atoms with Gasteiger partial charge in [-0.2, -0.15) is 0 Å². The molecule has 0 aliphatic carbocycles. The molecule has 0 bridgehead atoms. The van der Waals surface area contributed by atoms with E-state index >= 15 is 0 Å². The molecule has 7 heteroatoms. The summed E-state index contributed by atoms with van der Waals surface area (Å²) in [6, 6.07) is 0. The second-order valence-electron chi connectivity index (χ2n) is 2.13. The number of carboxylic acid groups (broad SMARTS) is 2. The van der Waals surface area contributed by atoms with Gasteiger partial charge in [0.25, 0.3) is 0 Å². The number of hydrogen-bond donors (Lipinski definition) is 5. The van der Waals surface area contributed by atoms with Crippen molar-refractivity contribution in [2.75, 3.05) is 0 Å². The van der Waals surface area contributed by atoms with Crippen LogP contribution < -0.4 is 0 Å². The van der Waals surface area contributed by atoms with Gasteiger partial charge in [0.2, 0.25) is 0 Å². The van der Waals surface area contributed by atoms with Crippen LogP contribution in [0.2, 0.25) is 0 Å². The summed E-state index contributed by atoms with van der Waals surface area (Å²) < 4.78 is 0. The van der Waals surface area contributed by atoms with E-state index in [4.69, 9.17) is 25.5 Å². The van der Waals surface area contributed by atoms with Crippen LogP contribution in [0.15, 0.2) is 11.8 Å². The summed E-state index contributed by atoms with van der Waals surface area (Å²) in [5.74, 6) is -4.67. The van der Waals surface area contributed by atoms with Crippen molar-refractivity contribution in [3.05, 3.63) is 11.8 Å². The lowest BCUT2D eigenvalue weighted by atomic mass is 10.2. The van der Waals surface area contributed by atoms with Gasteiger partial charge in [0.15, 0.2) is 11.9 Å². The van der Waals surface area contributed by atoms with E-state index in [1.54, 1.807) is 0 Å². The Hall–Kier alpha value is -1.60. The molecule has 7 nitrogen and oxygen atoms in total. The largest absolute Gasteiger partial charge is 0.502 e. The summed E-state index contributed by atoms with van der Waals surface area (Å²) in [7, 11) is 0. The zero-order valence-corrected chi connectivity index (χ0v) is 6.28. The zero-order chi connectivity index (χ0) is 10.6. The maximum atomic E-state index is 10.0. The molecule has 0 saturated heterocycles. The molecule has 0 heterocycles. The van der Waals surface area contributed by atoms with E-state index in [1.807, 2.05) is 0 Å². The average molecular weight is 192 g/mol. The first-order valence-electron chi connectivity index (χ1n) is 3.09. The van der Waals surface area contributed by atoms with Crippen LogP contribution in [0.4, 0.5) is 0 Å². The highest BCUT2D eigenvalue weighted by molar-refractivity contribution is 5.84. The molecule has 0 fully saturated rings. The van der Waals surface area contributed by atoms with Gasteiger partial charge in [0, 0.05) is 0 Å². The Kier molecular flexibility index (Phi) is 3.89. The zero-order valence-electron chi connectivity index (χ0n) is 6.28. The summed E-state index contributed by atoms with van der Waals surface area (Å²) in [4.78, 5) is 20.0. The minimum Gasteiger partial charge on any atom is -0.502 e. The van der Waals surface area contributed by atoms with E-state index in [2.05, 4.69) is 0 Å². The Balaban J connectivity index is 4.45. The number of hydrogen-bond acceptors (Lipinski definition) is 5. The molecule has 0 saturated carbocycles. The molecule has 13 heavy (non-hydrogen) atoms. The second-order valence-corrected chi connectivity index (χ2v) is 2.13. The van der Waals surface area contributed by atoms with Crippen LogP contribution in [0, 0.1) is 0 Å². The summed E-state index contributed by atoms with van der Waals surface area (Å²) >= 11 is 0. The van der Waals surface area contributed by atoms with E-state index in [1.165, 1.54) is 0 Å². The molecule has 0 aromatic heterocycles. The van der Waals surface area contributed by atoms with Crippen LogP contribution in [-0.2, 0) is 9.59 Å². The fraction of sp³-hybridized carbons (Fsp3) is 0.333. The van der Waals surface area contributed by atoms with E-state index < -0.39 is 29.9 Å². The summed E-state index contributed by atoms with van der Waals surface area (Å²) in [5.41, 5.74) is 0. The molecular weight excluding hydrogens is 184 g/mol. The summed E-state index contributed by atoms with van der Waals surface area (Å²) in [6.45, 7) is 0. The van der Waals surface area contributed by atoms with Crippen molar-refractivity contribution >= 4 is 11.9 Å². The van der Waals surface area contributed by atoms with Gasteiger partial charge in [-0.3, -0.25) is 0 Å². The van der Waals surface area contributed by atoms with E-state index in [-0.39, 0.29) is 0 Å². The van der Waals surface area contributed by atoms with Gasteiger partial charge in [-0.05, 0) is 6.08 Å². The van der Waals surface area contributed by atoms with Crippen molar-refractivity contribution in [2.24, 2.45) is 0 Å². The molecule has 0 aromatic rings. The third-order valence-electron chi connectivity index (χ3n) is 1.12. The van der Waals surface area contributed by atoms with Crippen LogP contribution in [-0.4, -0.2) is 49.7 Å². The van der Waals surface area contributed by atoms with Gasteiger partial charge in [-0.1, -0.05) is 0 Å². The lowest BCUT2D eigenvalue weighted by Crippen LogP contribution is -2.32. The van der Waals surface area contributed by atoms with Gasteiger partial charge in [-0.25, -0.2) is 9.59 Å². The van der Waals surface area contributed by atoms with Crippen molar-refractivity contribution in [3.8, 4) is 0 Å². The molecule has 74 valence electrons. The van der Waals surface area contributed by atoms with Gasteiger partial charge in [0.1, 0.15) is 6.10 Å². The van der Waals surface area contributed by atoms with Gasteiger partial charge in [0.05, 0.1) is 0 Å². The van der Waals surface area contributed by atoms with Crippen LogP contribution in [0.25, 0.3) is 0 Å². The highest BCUT2D eigenvalue weighted by atomic mass is 16.4. The lowest BCUT2D eigenvalue weighted by molar-refractivity contribution is -0.151. The quantitative estimate of drug-likeness (QED) is 0.265. The Bertz CT molecular complexity index is 243. The molecule has 5 N–H and O–H groups in total. The molecule has 0 unspecified atom stereocenters. The summed E-state index contributed by atoms with van der Waals surface area (Å²) in [5, 5.41) is 42.2. The Morgan fingerprint density at radius 1 is 1.08 bits per heavy atom. The fourth-order valence-corrected chi connectivity index (χ4v) is 0.470. The van der Waals surface area contributed by atoms with Crippen molar-refractivity contribution in [2.45, 2.75) is 12.2 Å². The summed E-state index contributed by atoms with van der Waals surface area (Å²) in [6.07, 6.45) is -3.81. The van der Waals surface area contributed by atoms with Crippen molar-refractivity contribution < 1.29 is 35.1 Å². The number of carboxylic acids is 2. The molecule has 0 radical (unpaired) electrons. The first-order valence-corrected chi connectivity index (χ1v) is 3.09. The Morgan fingerprint density at radius 3 is 1.85 bits per heavy atom. The smallest absolute Gasteiger partial charge is 0.370 e. The van der Waals surface area contributed by atoms with E-state index in [0.717, 1.165) is 0 Å². The van der Waals surface area contributed by atoms with Gasteiger partial charge < -0.3 is 25.5 Å². The highest BCUT2D eigenvalue weighted by Crippen LogP contribution is 1.99. The Morgan fingerprint density at radius 2 is 1.54 bits per heavy atom. The monoisotopic (exact) mass is 192 g/mol. The first-order chi connectivity index (χ1) is 5.86. The van der Waals surface area contributed by atoms with E-state index in [0.29, 0.717) is 6.08 Å². The molecule has 0 aliphatic heterocycles. The maximum absolute atomic E-state index is 10.0. The number of aliphatic carboxylic acids is 2. The number of aliphatic hydroxyl groups is 3. The SMILES string of the molecule is O=C(O)/C(O)=C/[C@H](O)[C@H](O)C(=O)O. The first kappa shape index (κ1) is 11.4. The van der Waals surface area contributed by atoms with E-state index in [9.17, 15) is 9.59 Å². The van der Waals surface area contributed by atoms with Crippen LogP contribution >= 0.6 is 0 Å². The molecule has 0 amide bonds. The van der Waals surface area contributed by atoms with Gasteiger partial charge >= 0.3 is 11.9 Å². The highest BCUT2D eigenvalue weighted by Gasteiger charge is 2.23. The minimum absolute atomic E-state index is 0.321.